The van der Waals surface area contributed by atoms with E-state index in [1.165, 1.54) is 14.1 Å². The Kier molecular flexibility index (Phi) is 15.1. The van der Waals surface area contributed by atoms with Crippen LogP contribution >= 0.6 is 8.53 Å². The summed E-state index contributed by atoms with van der Waals surface area (Å²) in [7, 11) is 2.72. The van der Waals surface area contributed by atoms with Gasteiger partial charge in [-0.25, -0.2) is 4.67 Å². The van der Waals surface area contributed by atoms with E-state index in [4.69, 9.17) is 18.5 Å². The highest BCUT2D eigenvalue weighted by Gasteiger charge is 2.50. The first-order chi connectivity index (χ1) is 23.5. The first kappa shape index (κ1) is 39.6. The van der Waals surface area contributed by atoms with Crippen LogP contribution in [0.1, 0.15) is 56.4 Å². The number of aliphatic hydroxyl groups is 1. The maximum Gasteiger partial charge on any atom is 0.259 e. The SMILES string of the molecule is CNC(=O)C(COP(OCCC#N)N(C(C)C)C(C)C)(COC(c1ccccc1)(c1ccc(CO)cc1)c1ccc(OC)cc1)C(=O)NC. The van der Waals surface area contributed by atoms with Crippen molar-refractivity contribution in [1.82, 2.24) is 15.3 Å². The van der Waals surface area contributed by atoms with E-state index in [-0.39, 0.29) is 38.3 Å². The third kappa shape index (κ3) is 9.22. The lowest BCUT2D eigenvalue weighted by molar-refractivity contribution is -0.154. The predicted molar refractivity (Wildman–Crippen MR) is 189 cm³/mol. The number of hydrogen-bond donors (Lipinski definition) is 3. The molecule has 2 amide bonds. The number of rotatable bonds is 19. The van der Waals surface area contributed by atoms with Crippen molar-refractivity contribution in [2.24, 2.45) is 5.41 Å². The molecule has 0 heterocycles. The molecule has 0 bridgehead atoms. The van der Waals surface area contributed by atoms with Gasteiger partial charge in [0.15, 0.2) is 5.41 Å². The summed E-state index contributed by atoms with van der Waals surface area (Å²) in [5.41, 5.74) is -0.327. The number of amides is 2. The van der Waals surface area contributed by atoms with Crippen molar-refractivity contribution in [2.45, 2.75) is 58.4 Å². The molecule has 0 aromatic heterocycles. The molecule has 11 nitrogen and oxygen atoms in total. The van der Waals surface area contributed by atoms with E-state index in [0.717, 1.165) is 5.56 Å². The van der Waals surface area contributed by atoms with E-state index in [2.05, 4.69) is 16.7 Å². The smallest absolute Gasteiger partial charge is 0.259 e. The molecule has 3 aromatic carbocycles. The average Bonchev–Trinajstić information content (AvgIpc) is 3.12. The van der Waals surface area contributed by atoms with Crippen LogP contribution in [0.2, 0.25) is 0 Å². The summed E-state index contributed by atoms with van der Waals surface area (Å²) in [6, 6.07) is 26.4. The lowest BCUT2D eigenvalue weighted by Crippen LogP contribution is -2.56. The topological polar surface area (TPSA) is 142 Å². The highest BCUT2D eigenvalue weighted by atomic mass is 31.2. The van der Waals surface area contributed by atoms with Gasteiger partial charge in [-0.3, -0.25) is 9.59 Å². The number of hydrogen-bond acceptors (Lipinski definition) is 9. The quantitative estimate of drug-likeness (QED) is 0.0663. The number of nitriles is 1. The molecule has 0 aliphatic heterocycles. The van der Waals surface area contributed by atoms with Crippen LogP contribution in [0, 0.1) is 16.7 Å². The van der Waals surface area contributed by atoms with Crippen LogP contribution in [-0.2, 0) is 35.6 Å². The van der Waals surface area contributed by atoms with Crippen molar-refractivity contribution < 1.29 is 33.2 Å². The largest absolute Gasteiger partial charge is 0.497 e. The number of ether oxygens (including phenoxy) is 2. The van der Waals surface area contributed by atoms with Crippen LogP contribution in [-0.4, -0.2) is 74.7 Å². The molecule has 12 heteroatoms. The third-order valence-electron chi connectivity index (χ3n) is 8.16. The van der Waals surface area contributed by atoms with Crippen LogP contribution in [0.4, 0.5) is 0 Å². The maximum absolute atomic E-state index is 14.0. The molecule has 0 fully saturated rings. The number of nitrogens with one attached hydrogen (secondary N) is 2. The Morgan fingerprint density at radius 3 is 1.84 bits per heavy atom. The third-order valence-corrected chi connectivity index (χ3v) is 10.2. The summed E-state index contributed by atoms with van der Waals surface area (Å²) in [4.78, 5) is 27.9. The minimum absolute atomic E-state index is 0.00143. The zero-order valence-electron chi connectivity index (χ0n) is 29.4. The van der Waals surface area contributed by atoms with Crippen LogP contribution in [0.5, 0.6) is 5.75 Å². The second-order valence-electron chi connectivity index (χ2n) is 12.0. The van der Waals surface area contributed by atoms with E-state index in [9.17, 15) is 20.0 Å². The summed E-state index contributed by atoms with van der Waals surface area (Å²) >= 11 is 0. The van der Waals surface area contributed by atoms with Gasteiger partial charge in [-0.2, -0.15) is 5.26 Å². The lowest BCUT2D eigenvalue weighted by Gasteiger charge is -2.41. The van der Waals surface area contributed by atoms with Gasteiger partial charge in [0.1, 0.15) is 11.4 Å². The van der Waals surface area contributed by atoms with E-state index < -0.39 is 38.0 Å². The van der Waals surface area contributed by atoms with Crippen LogP contribution in [0.3, 0.4) is 0 Å². The number of methoxy groups -OCH3 is 1. The van der Waals surface area contributed by atoms with Gasteiger partial charge in [0, 0.05) is 26.2 Å². The van der Waals surface area contributed by atoms with Crippen molar-refractivity contribution in [1.29, 1.82) is 5.26 Å². The normalized spacial score (nSPS) is 13.5. The molecule has 3 N–H and O–H groups in total. The number of carbonyl (C=O) groups excluding carboxylic acids is 2. The number of benzene rings is 3. The second-order valence-corrected chi connectivity index (χ2v) is 13.4. The van der Waals surface area contributed by atoms with E-state index in [1.807, 2.05) is 111 Å². The number of carbonyl (C=O) groups is 2. The molecule has 49 heavy (non-hydrogen) atoms. The van der Waals surface area contributed by atoms with Crippen LogP contribution in [0.15, 0.2) is 78.9 Å². The molecule has 0 radical (unpaired) electrons. The van der Waals surface area contributed by atoms with Gasteiger partial charge in [0.05, 0.1) is 46.0 Å². The Morgan fingerprint density at radius 1 is 0.837 bits per heavy atom. The van der Waals surface area contributed by atoms with Gasteiger partial charge in [-0.05, 0) is 62.1 Å². The highest BCUT2D eigenvalue weighted by Crippen LogP contribution is 2.48. The highest BCUT2D eigenvalue weighted by molar-refractivity contribution is 7.44. The first-order valence-electron chi connectivity index (χ1n) is 16.2. The molecule has 0 saturated heterocycles. The maximum atomic E-state index is 14.0. The fourth-order valence-corrected chi connectivity index (χ4v) is 7.36. The first-order valence-corrected chi connectivity index (χ1v) is 17.4. The van der Waals surface area contributed by atoms with Crippen LogP contribution in [0.25, 0.3) is 0 Å². The molecule has 0 aliphatic rings. The molecular formula is C37H49N4O7P. The van der Waals surface area contributed by atoms with Crippen LogP contribution < -0.4 is 15.4 Å². The zero-order chi connectivity index (χ0) is 36.0. The molecule has 2 unspecified atom stereocenters. The summed E-state index contributed by atoms with van der Waals surface area (Å²) in [5.74, 6) is -0.567. The van der Waals surface area contributed by atoms with Crippen molar-refractivity contribution in [3.63, 3.8) is 0 Å². The fourth-order valence-electron chi connectivity index (χ4n) is 5.69. The molecule has 3 rings (SSSR count). The molecule has 3 aromatic rings. The Bertz CT molecular complexity index is 1440. The van der Waals surface area contributed by atoms with E-state index in [0.29, 0.717) is 22.4 Å². The van der Waals surface area contributed by atoms with Gasteiger partial charge < -0.3 is 34.3 Å². The van der Waals surface area contributed by atoms with E-state index in [1.54, 1.807) is 7.11 Å². The van der Waals surface area contributed by atoms with E-state index >= 15 is 0 Å². The van der Waals surface area contributed by atoms with Gasteiger partial charge in [0.25, 0.3) is 8.53 Å². The van der Waals surface area contributed by atoms with Gasteiger partial charge in [-0.1, -0.05) is 66.7 Å². The Labute approximate surface area is 291 Å². The Hall–Kier alpha value is -3.88. The van der Waals surface area contributed by atoms with Gasteiger partial charge >= 0.3 is 0 Å². The standard InChI is InChI=1S/C37H49N4O7P/c1-27(2)41(28(3)4)49(47-23-11-22-38)48-26-36(34(43)39-5,35(44)40-6)25-46-37(30-12-9-8-10-13-30,31-16-14-29(24-42)15-17-31)32-18-20-33(45-7)21-19-32/h8-10,12-21,27-28,42H,11,23-26H2,1-7H3,(H,39,43)(H,40,44). The van der Waals surface area contributed by atoms with Gasteiger partial charge in [-0.15, -0.1) is 0 Å². The number of aliphatic hydroxyl groups excluding tert-OH is 1. The van der Waals surface area contributed by atoms with Gasteiger partial charge in [0.2, 0.25) is 11.8 Å². The average molecular weight is 693 g/mol. The van der Waals surface area contributed by atoms with Crippen molar-refractivity contribution >= 4 is 20.3 Å². The molecule has 0 saturated carbocycles. The molecule has 0 spiro atoms. The zero-order valence-corrected chi connectivity index (χ0v) is 30.3. The monoisotopic (exact) mass is 692 g/mol. The molecule has 0 aliphatic carbocycles. The van der Waals surface area contributed by atoms with Crippen molar-refractivity contribution in [3.8, 4) is 11.8 Å². The minimum Gasteiger partial charge on any atom is -0.497 e. The van der Waals surface area contributed by atoms with Crippen molar-refractivity contribution in [3.05, 3.63) is 101 Å². The molecular weight excluding hydrogens is 643 g/mol. The summed E-state index contributed by atoms with van der Waals surface area (Å²) in [5, 5.41) is 24.3. The number of nitrogens with zero attached hydrogens (tertiary/aromatic N) is 2. The second kappa shape index (κ2) is 18.8. The lowest BCUT2D eigenvalue weighted by atomic mass is 9.79. The Balaban J connectivity index is 2.23. The Morgan fingerprint density at radius 2 is 1.37 bits per heavy atom. The molecule has 2 atom stereocenters. The summed E-state index contributed by atoms with van der Waals surface area (Å²) in [6.45, 7) is 7.23. The molecule has 264 valence electrons. The summed E-state index contributed by atoms with van der Waals surface area (Å²) in [6.07, 6.45) is 0.155. The summed E-state index contributed by atoms with van der Waals surface area (Å²) < 4.78 is 27.1. The van der Waals surface area contributed by atoms with Crippen molar-refractivity contribution in [2.75, 3.05) is 41.0 Å². The minimum atomic E-state index is -1.88. The fraction of sp³-hybridized carbons (Fsp3) is 0.432. The predicted octanol–water partition coefficient (Wildman–Crippen LogP) is 5.27.